The summed E-state index contributed by atoms with van der Waals surface area (Å²) in [6, 6.07) is 9.70. The van der Waals surface area contributed by atoms with Crippen molar-refractivity contribution in [3.63, 3.8) is 0 Å². The summed E-state index contributed by atoms with van der Waals surface area (Å²) in [5, 5.41) is 3.78. The van der Waals surface area contributed by atoms with E-state index in [-0.39, 0.29) is 0 Å². The highest BCUT2D eigenvalue weighted by molar-refractivity contribution is 5.22. The Morgan fingerprint density at radius 1 is 1.14 bits per heavy atom. The van der Waals surface area contributed by atoms with Crippen LogP contribution in [0.3, 0.4) is 0 Å². The molecule has 3 unspecified atom stereocenters. The van der Waals surface area contributed by atoms with E-state index in [2.05, 4.69) is 57.3 Å². The SMILES string of the molecule is CCNC(CCc1cccc(C)c1)C1CC(C)CC(C)C1. The smallest absolute Gasteiger partial charge is 0.00985 e. The monoisotopic (exact) mass is 287 g/mol. The predicted molar refractivity (Wildman–Crippen MR) is 92.6 cm³/mol. The third kappa shape index (κ3) is 5.14. The number of hydrogen-bond donors (Lipinski definition) is 1. The first-order valence-electron chi connectivity index (χ1n) is 8.87. The first-order chi connectivity index (χ1) is 10.1. The van der Waals surface area contributed by atoms with E-state index in [9.17, 15) is 0 Å². The van der Waals surface area contributed by atoms with Crippen LogP contribution in [0.25, 0.3) is 0 Å². The van der Waals surface area contributed by atoms with Crippen molar-refractivity contribution in [2.24, 2.45) is 17.8 Å². The lowest BCUT2D eigenvalue weighted by molar-refractivity contribution is 0.172. The van der Waals surface area contributed by atoms with Crippen LogP contribution < -0.4 is 5.32 Å². The Labute approximate surface area is 131 Å². The van der Waals surface area contributed by atoms with Crippen molar-refractivity contribution >= 4 is 0 Å². The van der Waals surface area contributed by atoms with E-state index < -0.39 is 0 Å². The molecule has 3 atom stereocenters. The maximum Gasteiger partial charge on any atom is 0.00985 e. The molecule has 1 N–H and O–H groups in total. The van der Waals surface area contributed by atoms with Crippen molar-refractivity contribution in [3.8, 4) is 0 Å². The standard InChI is InChI=1S/C20H33N/c1-5-21-20(19-13-16(3)11-17(4)14-19)10-9-18-8-6-7-15(2)12-18/h6-8,12,16-17,19-21H,5,9-11,13-14H2,1-4H3. The number of nitrogens with one attached hydrogen (secondary N) is 1. The lowest BCUT2D eigenvalue weighted by Gasteiger charge is -2.37. The van der Waals surface area contributed by atoms with Gasteiger partial charge in [-0.05, 0) is 68.9 Å². The Morgan fingerprint density at radius 3 is 2.48 bits per heavy atom. The molecule has 1 aliphatic carbocycles. The number of hydrogen-bond acceptors (Lipinski definition) is 1. The molecule has 1 aliphatic rings. The summed E-state index contributed by atoms with van der Waals surface area (Å²) in [6.07, 6.45) is 6.74. The van der Waals surface area contributed by atoms with Crippen LogP contribution in [0.4, 0.5) is 0 Å². The van der Waals surface area contributed by atoms with Crippen LogP contribution in [0, 0.1) is 24.7 Å². The van der Waals surface area contributed by atoms with Gasteiger partial charge in [0.15, 0.2) is 0 Å². The summed E-state index contributed by atoms with van der Waals surface area (Å²) in [4.78, 5) is 0. The molecule has 0 saturated heterocycles. The highest BCUT2D eigenvalue weighted by Crippen LogP contribution is 2.35. The van der Waals surface area contributed by atoms with Gasteiger partial charge in [0, 0.05) is 6.04 Å². The summed E-state index contributed by atoms with van der Waals surface area (Å²) < 4.78 is 0. The molecule has 1 nitrogen and oxygen atoms in total. The number of rotatable bonds is 6. The van der Waals surface area contributed by atoms with Crippen molar-refractivity contribution in [3.05, 3.63) is 35.4 Å². The van der Waals surface area contributed by atoms with Crippen LogP contribution in [0.15, 0.2) is 24.3 Å². The van der Waals surface area contributed by atoms with Gasteiger partial charge in [-0.2, -0.15) is 0 Å². The van der Waals surface area contributed by atoms with E-state index in [1.807, 2.05) is 0 Å². The van der Waals surface area contributed by atoms with Gasteiger partial charge in [-0.1, -0.05) is 50.6 Å². The molecule has 1 aromatic rings. The summed E-state index contributed by atoms with van der Waals surface area (Å²) in [5.74, 6) is 2.67. The quantitative estimate of drug-likeness (QED) is 0.778. The van der Waals surface area contributed by atoms with Gasteiger partial charge < -0.3 is 5.32 Å². The normalized spacial score (nSPS) is 27.5. The van der Waals surface area contributed by atoms with Gasteiger partial charge in [0.05, 0.1) is 0 Å². The molecule has 118 valence electrons. The first kappa shape index (κ1) is 16.5. The fourth-order valence-corrected chi connectivity index (χ4v) is 4.29. The van der Waals surface area contributed by atoms with Crippen LogP contribution in [0.5, 0.6) is 0 Å². The summed E-state index contributed by atoms with van der Waals surface area (Å²) in [5.41, 5.74) is 2.88. The van der Waals surface area contributed by atoms with Crippen molar-refractivity contribution in [1.82, 2.24) is 5.32 Å². The molecule has 0 radical (unpaired) electrons. The molecule has 0 bridgehead atoms. The molecule has 0 aliphatic heterocycles. The molecule has 21 heavy (non-hydrogen) atoms. The molecule has 2 rings (SSSR count). The van der Waals surface area contributed by atoms with Crippen LogP contribution in [-0.4, -0.2) is 12.6 Å². The van der Waals surface area contributed by atoms with Gasteiger partial charge in [-0.15, -0.1) is 0 Å². The van der Waals surface area contributed by atoms with Gasteiger partial charge in [-0.3, -0.25) is 0 Å². The van der Waals surface area contributed by atoms with Crippen LogP contribution in [0.1, 0.15) is 57.6 Å². The average Bonchev–Trinajstić information content (AvgIpc) is 2.42. The first-order valence-corrected chi connectivity index (χ1v) is 8.87. The second kappa shape index (κ2) is 7.98. The fraction of sp³-hybridized carbons (Fsp3) is 0.700. The Kier molecular flexibility index (Phi) is 6.29. The van der Waals surface area contributed by atoms with Crippen LogP contribution in [-0.2, 0) is 6.42 Å². The van der Waals surface area contributed by atoms with E-state index >= 15 is 0 Å². The maximum absolute atomic E-state index is 3.78. The topological polar surface area (TPSA) is 12.0 Å². The van der Waals surface area contributed by atoms with E-state index in [4.69, 9.17) is 0 Å². The van der Waals surface area contributed by atoms with Crippen molar-refractivity contribution in [1.29, 1.82) is 0 Å². The van der Waals surface area contributed by atoms with E-state index in [1.165, 1.54) is 43.2 Å². The van der Waals surface area contributed by atoms with Crippen molar-refractivity contribution in [2.75, 3.05) is 6.54 Å². The van der Waals surface area contributed by atoms with E-state index in [1.54, 1.807) is 0 Å². The molecule has 1 heteroatoms. The second-order valence-electron chi connectivity index (χ2n) is 7.37. The van der Waals surface area contributed by atoms with Crippen molar-refractivity contribution in [2.45, 2.75) is 65.8 Å². The van der Waals surface area contributed by atoms with Gasteiger partial charge in [0.2, 0.25) is 0 Å². The summed E-state index contributed by atoms with van der Waals surface area (Å²) in [7, 11) is 0. The van der Waals surface area contributed by atoms with Crippen molar-refractivity contribution < 1.29 is 0 Å². The number of aryl methyl sites for hydroxylation is 2. The lowest BCUT2D eigenvalue weighted by atomic mass is 9.73. The maximum atomic E-state index is 3.78. The van der Waals surface area contributed by atoms with E-state index in [0.29, 0.717) is 6.04 Å². The lowest BCUT2D eigenvalue weighted by Crippen LogP contribution is -2.40. The van der Waals surface area contributed by atoms with Gasteiger partial charge in [0.25, 0.3) is 0 Å². The molecule has 0 aromatic heterocycles. The minimum absolute atomic E-state index is 0.695. The zero-order valence-corrected chi connectivity index (χ0v) is 14.4. The Balaban J connectivity index is 1.95. The zero-order valence-electron chi connectivity index (χ0n) is 14.4. The molecule has 1 fully saturated rings. The molecular weight excluding hydrogens is 254 g/mol. The average molecular weight is 287 g/mol. The largest absolute Gasteiger partial charge is 0.314 e. The zero-order chi connectivity index (χ0) is 15.2. The second-order valence-corrected chi connectivity index (χ2v) is 7.37. The minimum Gasteiger partial charge on any atom is -0.314 e. The Hall–Kier alpha value is -0.820. The molecule has 1 saturated carbocycles. The molecule has 0 amide bonds. The third-order valence-electron chi connectivity index (χ3n) is 5.08. The Bertz CT molecular complexity index is 416. The van der Waals surface area contributed by atoms with Gasteiger partial charge in [-0.25, -0.2) is 0 Å². The van der Waals surface area contributed by atoms with E-state index in [0.717, 1.165) is 24.3 Å². The molecule has 1 aromatic carbocycles. The van der Waals surface area contributed by atoms with Gasteiger partial charge >= 0.3 is 0 Å². The minimum atomic E-state index is 0.695. The Morgan fingerprint density at radius 2 is 1.86 bits per heavy atom. The summed E-state index contributed by atoms with van der Waals surface area (Å²) >= 11 is 0. The summed E-state index contributed by atoms with van der Waals surface area (Å²) in [6.45, 7) is 10.4. The van der Waals surface area contributed by atoms with Gasteiger partial charge in [0.1, 0.15) is 0 Å². The highest BCUT2D eigenvalue weighted by Gasteiger charge is 2.29. The number of benzene rings is 1. The third-order valence-corrected chi connectivity index (χ3v) is 5.08. The predicted octanol–water partition coefficient (Wildman–Crippen LogP) is 4.98. The molecular formula is C20H33N. The highest BCUT2D eigenvalue weighted by atomic mass is 14.9. The molecule has 0 heterocycles. The fourth-order valence-electron chi connectivity index (χ4n) is 4.29. The van der Waals surface area contributed by atoms with Crippen LogP contribution >= 0.6 is 0 Å². The molecule has 0 spiro atoms. The van der Waals surface area contributed by atoms with Crippen LogP contribution in [0.2, 0.25) is 0 Å².